The molecule has 1 aromatic carbocycles. The number of rotatable bonds is 3. The molecule has 0 amide bonds. The molecule has 0 unspecified atom stereocenters. The Labute approximate surface area is 131 Å². The second kappa shape index (κ2) is 5.41. The highest BCUT2D eigenvalue weighted by Gasteiger charge is 2.09. The zero-order chi connectivity index (χ0) is 16.6. The second-order valence-corrected chi connectivity index (χ2v) is 6.40. The normalized spacial score (nSPS) is 12.7. The minimum atomic E-state index is -3.78. The van der Waals surface area contributed by atoms with Crippen molar-refractivity contribution < 1.29 is 12.8 Å². The van der Waals surface area contributed by atoms with E-state index in [9.17, 15) is 13.2 Å². The van der Waals surface area contributed by atoms with Gasteiger partial charge in [-0.1, -0.05) is 6.58 Å². The topological polar surface area (TPSA) is 111 Å². The van der Waals surface area contributed by atoms with Gasteiger partial charge >= 0.3 is 0 Å². The van der Waals surface area contributed by atoms with E-state index < -0.39 is 10.0 Å². The van der Waals surface area contributed by atoms with E-state index in [1.165, 1.54) is 35.2 Å². The Morgan fingerprint density at radius 2 is 1.91 bits per heavy atom. The van der Waals surface area contributed by atoms with Crippen molar-refractivity contribution in [2.24, 2.45) is 5.14 Å². The van der Waals surface area contributed by atoms with Crippen molar-refractivity contribution in [3.8, 4) is 5.69 Å². The van der Waals surface area contributed by atoms with Gasteiger partial charge in [-0.3, -0.25) is 9.89 Å². The van der Waals surface area contributed by atoms with Crippen LogP contribution in [0.15, 0.2) is 56.8 Å². The van der Waals surface area contributed by atoms with Crippen LogP contribution in [0.5, 0.6) is 0 Å². The fourth-order valence-electron chi connectivity index (χ4n) is 2.13. The lowest BCUT2D eigenvalue weighted by atomic mass is 10.3. The van der Waals surface area contributed by atoms with Crippen LogP contribution in [0.3, 0.4) is 0 Å². The van der Waals surface area contributed by atoms with E-state index in [4.69, 9.17) is 9.56 Å². The van der Waals surface area contributed by atoms with Gasteiger partial charge in [0.25, 0.3) is 5.56 Å². The highest BCUT2D eigenvalue weighted by atomic mass is 32.2. The Morgan fingerprint density at radius 3 is 2.48 bits per heavy atom. The van der Waals surface area contributed by atoms with Crippen molar-refractivity contribution in [1.82, 2.24) is 9.78 Å². The van der Waals surface area contributed by atoms with Gasteiger partial charge in [0.05, 0.1) is 27.4 Å². The molecule has 0 saturated heterocycles. The van der Waals surface area contributed by atoms with Crippen molar-refractivity contribution in [3.05, 3.63) is 69.3 Å². The quantitative estimate of drug-likeness (QED) is 0.683. The second-order valence-electron chi connectivity index (χ2n) is 4.84. The molecule has 0 aliphatic carbocycles. The van der Waals surface area contributed by atoms with Crippen molar-refractivity contribution in [1.29, 1.82) is 0 Å². The van der Waals surface area contributed by atoms with Crippen LogP contribution >= 0.6 is 0 Å². The number of hydrogen-bond acceptors (Lipinski definition) is 4. The maximum atomic E-state index is 12.5. The third kappa shape index (κ3) is 2.89. The summed E-state index contributed by atoms with van der Waals surface area (Å²) in [5, 5.41) is 8.66. The molecule has 0 radical (unpaired) electrons. The molecule has 0 aliphatic rings. The summed E-state index contributed by atoms with van der Waals surface area (Å²) in [6.45, 7) is 3.80. The molecule has 118 valence electrons. The molecule has 0 spiro atoms. The number of benzene rings is 1. The highest BCUT2D eigenvalue weighted by molar-refractivity contribution is 7.89. The summed E-state index contributed by atoms with van der Waals surface area (Å²) in [6, 6.07) is 9.05. The Morgan fingerprint density at radius 1 is 1.22 bits per heavy atom. The molecule has 2 heterocycles. The maximum Gasteiger partial charge on any atom is 0.279 e. The molecular formula is C15H13N3O4S. The van der Waals surface area contributed by atoms with Gasteiger partial charge in [-0.05, 0) is 42.5 Å². The van der Waals surface area contributed by atoms with Gasteiger partial charge in [0.1, 0.15) is 5.76 Å². The zero-order valence-electron chi connectivity index (χ0n) is 11.9. The first-order chi connectivity index (χ1) is 10.9. The molecule has 0 fully saturated rings. The molecule has 7 nitrogen and oxygen atoms in total. The molecule has 2 aromatic heterocycles. The van der Waals surface area contributed by atoms with Gasteiger partial charge in [-0.2, -0.15) is 0 Å². The molecule has 3 aromatic rings. The third-order valence-corrected chi connectivity index (χ3v) is 4.19. The molecule has 0 aliphatic heterocycles. The summed E-state index contributed by atoms with van der Waals surface area (Å²) in [5.74, 6) is 0.530. The van der Waals surface area contributed by atoms with Gasteiger partial charge in [-0.15, -0.1) is 0 Å². The molecule has 3 N–H and O–H groups in total. The van der Waals surface area contributed by atoms with Crippen LogP contribution in [0.25, 0.3) is 18.3 Å². The lowest BCUT2D eigenvalue weighted by Crippen LogP contribution is -2.33. The SMILES string of the molecule is C=c1[nH]n(-c2ccc(S(N)(=O)=O)cc2)c(=O)c1=Cc1ccco1. The number of nitrogens with one attached hydrogen (secondary N) is 1. The maximum absolute atomic E-state index is 12.5. The molecule has 0 bridgehead atoms. The monoisotopic (exact) mass is 331 g/mol. The summed E-state index contributed by atoms with van der Waals surface area (Å²) in [7, 11) is -3.78. The number of H-pyrrole nitrogens is 1. The fourth-order valence-corrected chi connectivity index (χ4v) is 2.64. The first-order valence-corrected chi connectivity index (χ1v) is 8.09. The lowest BCUT2D eigenvalue weighted by molar-refractivity contribution is 0.556. The molecule has 0 saturated carbocycles. The number of nitrogens with zero attached hydrogens (tertiary/aromatic N) is 1. The van der Waals surface area contributed by atoms with Gasteiger partial charge in [-0.25, -0.2) is 18.2 Å². The standard InChI is InChI=1S/C15H13N3O4S/c1-10-14(9-12-3-2-8-22-12)15(19)18(17-10)11-4-6-13(7-5-11)23(16,20)21/h2-9,17H,1H2,(H2,16,20,21). The molecular weight excluding hydrogens is 318 g/mol. The minimum Gasteiger partial charge on any atom is -0.465 e. The number of furan rings is 1. The van der Waals surface area contributed by atoms with Gasteiger partial charge < -0.3 is 4.42 Å². The molecule has 23 heavy (non-hydrogen) atoms. The van der Waals surface area contributed by atoms with Crippen LogP contribution in [-0.2, 0) is 10.0 Å². The number of sulfonamides is 1. The highest BCUT2D eigenvalue weighted by Crippen LogP contribution is 2.09. The van der Waals surface area contributed by atoms with E-state index in [1.807, 2.05) is 0 Å². The van der Waals surface area contributed by atoms with E-state index >= 15 is 0 Å². The first-order valence-electron chi connectivity index (χ1n) is 6.55. The summed E-state index contributed by atoms with van der Waals surface area (Å²) < 4.78 is 29.0. The van der Waals surface area contributed by atoms with Crippen LogP contribution in [0.4, 0.5) is 0 Å². The molecule has 0 atom stereocenters. The van der Waals surface area contributed by atoms with Gasteiger partial charge in [0.15, 0.2) is 0 Å². The van der Waals surface area contributed by atoms with E-state index in [0.717, 1.165) is 0 Å². The van der Waals surface area contributed by atoms with E-state index in [1.54, 1.807) is 18.2 Å². The number of nitrogens with two attached hydrogens (primary N) is 1. The fraction of sp³-hybridized carbons (Fsp3) is 0. The number of primary sulfonamides is 1. The number of aromatic amines is 1. The lowest BCUT2D eigenvalue weighted by Gasteiger charge is -2.02. The Bertz CT molecular complexity index is 1110. The van der Waals surface area contributed by atoms with Crippen LogP contribution in [0, 0.1) is 0 Å². The summed E-state index contributed by atoms with van der Waals surface area (Å²) >= 11 is 0. The minimum absolute atomic E-state index is 0.0296. The van der Waals surface area contributed by atoms with Crippen LogP contribution < -0.4 is 21.3 Å². The first kappa shape index (κ1) is 15.1. The summed E-state index contributed by atoms with van der Waals surface area (Å²) in [4.78, 5) is 12.4. The van der Waals surface area contributed by atoms with Crippen molar-refractivity contribution in [2.45, 2.75) is 4.90 Å². The summed E-state index contributed by atoms with van der Waals surface area (Å²) in [6.07, 6.45) is 3.09. The third-order valence-electron chi connectivity index (χ3n) is 3.26. The van der Waals surface area contributed by atoms with Crippen molar-refractivity contribution >= 4 is 22.7 Å². The van der Waals surface area contributed by atoms with Crippen LogP contribution in [-0.4, -0.2) is 18.2 Å². The smallest absolute Gasteiger partial charge is 0.279 e. The van der Waals surface area contributed by atoms with E-state index in [-0.39, 0.29) is 10.5 Å². The van der Waals surface area contributed by atoms with Crippen molar-refractivity contribution in [3.63, 3.8) is 0 Å². The molecule has 3 rings (SSSR count). The Kier molecular flexibility index (Phi) is 3.55. The van der Waals surface area contributed by atoms with Gasteiger partial charge in [0.2, 0.25) is 10.0 Å². The van der Waals surface area contributed by atoms with E-state index in [2.05, 4.69) is 11.7 Å². The summed E-state index contributed by atoms with van der Waals surface area (Å²) in [5.41, 5.74) is 0.140. The Balaban J connectivity index is 2.13. The average molecular weight is 331 g/mol. The van der Waals surface area contributed by atoms with Crippen molar-refractivity contribution in [2.75, 3.05) is 0 Å². The Hall–Kier alpha value is -2.84. The average Bonchev–Trinajstić information content (AvgIpc) is 3.10. The van der Waals surface area contributed by atoms with E-state index in [0.29, 0.717) is 22.0 Å². The largest absolute Gasteiger partial charge is 0.465 e. The van der Waals surface area contributed by atoms with Gasteiger partial charge in [0, 0.05) is 0 Å². The predicted octanol–water partition coefficient (Wildman–Crippen LogP) is -0.355. The predicted molar refractivity (Wildman–Crippen MR) is 84.8 cm³/mol. The zero-order valence-corrected chi connectivity index (χ0v) is 12.7. The van der Waals surface area contributed by atoms with Crippen LogP contribution in [0.2, 0.25) is 0 Å². The van der Waals surface area contributed by atoms with Crippen LogP contribution in [0.1, 0.15) is 5.76 Å². The number of aromatic nitrogens is 2. The molecule has 8 heteroatoms. The number of hydrogen-bond donors (Lipinski definition) is 2.